The van der Waals surface area contributed by atoms with E-state index < -0.39 is 0 Å². The molecule has 1 unspecified atom stereocenters. The molecule has 0 aromatic rings. The Hall–Kier alpha value is -0.200. The summed E-state index contributed by atoms with van der Waals surface area (Å²) in [6.45, 7) is 2.41. The van der Waals surface area contributed by atoms with Crippen LogP contribution in [0.5, 0.6) is 0 Å². The number of hydrogen-bond donors (Lipinski definition) is 1. The highest BCUT2D eigenvalue weighted by Crippen LogP contribution is 2.45. The molecule has 0 aliphatic heterocycles. The van der Waals surface area contributed by atoms with Crippen LogP contribution in [0.1, 0.15) is 19.8 Å². The summed E-state index contributed by atoms with van der Waals surface area (Å²) in [6, 6.07) is 2.25. The van der Waals surface area contributed by atoms with Gasteiger partial charge in [0.05, 0.1) is 23.5 Å². The zero-order valence-corrected chi connectivity index (χ0v) is 6.90. The lowest BCUT2D eigenvalue weighted by molar-refractivity contribution is 0.0990. The fraction of sp³-hybridized carbons (Fsp3) is 0.857. The molecule has 3 heteroatoms. The third kappa shape index (κ3) is 1.89. The molecule has 2 nitrogen and oxygen atoms in total. The minimum Gasteiger partial charge on any atom is -0.366 e. The highest BCUT2D eigenvalue weighted by atomic mass is 32.1. The first kappa shape index (κ1) is 7.90. The van der Waals surface area contributed by atoms with Crippen LogP contribution in [0.3, 0.4) is 0 Å². The van der Waals surface area contributed by atoms with E-state index >= 15 is 0 Å². The van der Waals surface area contributed by atoms with Gasteiger partial charge in [0.1, 0.15) is 0 Å². The molecular formula is C7H11NOS. The topological polar surface area (TPSA) is 33.0 Å². The van der Waals surface area contributed by atoms with Crippen molar-refractivity contribution in [1.82, 2.24) is 0 Å². The lowest BCUT2D eigenvalue weighted by Gasteiger charge is -2.08. The van der Waals surface area contributed by atoms with Crippen molar-refractivity contribution in [2.75, 3.05) is 6.61 Å². The third-order valence-corrected chi connectivity index (χ3v) is 1.84. The van der Waals surface area contributed by atoms with Gasteiger partial charge in [-0.05, 0) is 19.8 Å². The Morgan fingerprint density at radius 3 is 2.70 bits per heavy atom. The molecule has 1 rings (SSSR count). The maximum absolute atomic E-state index is 8.61. The van der Waals surface area contributed by atoms with Crippen molar-refractivity contribution in [2.24, 2.45) is 5.41 Å². The van der Waals surface area contributed by atoms with Gasteiger partial charge >= 0.3 is 0 Å². The van der Waals surface area contributed by atoms with Crippen LogP contribution in [-0.2, 0) is 4.74 Å². The summed E-state index contributed by atoms with van der Waals surface area (Å²) < 4.78 is 5.20. The van der Waals surface area contributed by atoms with Crippen molar-refractivity contribution < 1.29 is 4.74 Å². The Labute approximate surface area is 66.6 Å². The van der Waals surface area contributed by atoms with E-state index in [-0.39, 0.29) is 10.9 Å². The first-order chi connectivity index (χ1) is 4.68. The van der Waals surface area contributed by atoms with Gasteiger partial charge in [0.15, 0.2) is 0 Å². The molecular weight excluding hydrogens is 146 g/mol. The molecule has 1 saturated carbocycles. The maximum atomic E-state index is 8.61. The predicted molar refractivity (Wildman–Crippen MR) is 41.7 cm³/mol. The van der Waals surface area contributed by atoms with E-state index in [2.05, 4.69) is 18.7 Å². The minimum atomic E-state index is -0.142. The molecule has 10 heavy (non-hydrogen) atoms. The fourth-order valence-corrected chi connectivity index (χ4v) is 0.794. The summed E-state index contributed by atoms with van der Waals surface area (Å²) in [4.78, 5) is 0. The van der Waals surface area contributed by atoms with Crippen molar-refractivity contribution in [1.29, 1.82) is 5.26 Å². The van der Waals surface area contributed by atoms with E-state index in [1.54, 1.807) is 0 Å². The molecule has 1 aliphatic rings. The number of nitrogens with zero attached hydrogens (tertiary/aromatic N) is 1. The van der Waals surface area contributed by atoms with Crippen molar-refractivity contribution in [3.8, 4) is 6.07 Å². The van der Waals surface area contributed by atoms with Crippen LogP contribution in [0.2, 0.25) is 0 Å². The van der Waals surface area contributed by atoms with Crippen LogP contribution in [0.25, 0.3) is 0 Å². The lowest BCUT2D eigenvalue weighted by Crippen LogP contribution is -2.11. The molecule has 0 N–H and O–H groups in total. The second kappa shape index (κ2) is 2.81. The standard InChI is InChI=1S/C7H11NOS/c1-6(10)9-5-7(4-8)2-3-7/h6,10H,2-3,5H2,1H3. The van der Waals surface area contributed by atoms with Gasteiger partial charge in [-0.25, -0.2) is 0 Å². The molecule has 1 atom stereocenters. The zero-order valence-electron chi connectivity index (χ0n) is 6.00. The molecule has 56 valence electrons. The van der Waals surface area contributed by atoms with Gasteiger partial charge in [-0.1, -0.05) is 0 Å². The molecule has 0 aromatic carbocycles. The Morgan fingerprint density at radius 1 is 1.80 bits per heavy atom. The van der Waals surface area contributed by atoms with Crippen LogP contribution >= 0.6 is 12.6 Å². The zero-order chi connectivity index (χ0) is 7.61. The molecule has 0 amide bonds. The normalized spacial score (nSPS) is 23.3. The Kier molecular flexibility index (Phi) is 2.22. The van der Waals surface area contributed by atoms with Gasteiger partial charge in [-0.15, -0.1) is 12.6 Å². The van der Waals surface area contributed by atoms with Gasteiger partial charge in [0.2, 0.25) is 0 Å². The summed E-state index contributed by atoms with van der Waals surface area (Å²) in [7, 11) is 0. The van der Waals surface area contributed by atoms with Crippen LogP contribution < -0.4 is 0 Å². The highest BCUT2D eigenvalue weighted by molar-refractivity contribution is 7.80. The Bertz CT molecular complexity index is 157. The SMILES string of the molecule is CC(S)OCC1(C#N)CC1. The summed E-state index contributed by atoms with van der Waals surface area (Å²) in [5, 5.41) is 8.61. The van der Waals surface area contributed by atoms with Gasteiger partial charge < -0.3 is 4.74 Å². The number of rotatable bonds is 3. The van der Waals surface area contributed by atoms with Crippen LogP contribution in [-0.4, -0.2) is 12.0 Å². The van der Waals surface area contributed by atoms with Gasteiger partial charge in [0.25, 0.3) is 0 Å². The van der Waals surface area contributed by atoms with Crippen molar-refractivity contribution in [3.05, 3.63) is 0 Å². The second-order valence-corrected chi connectivity index (χ2v) is 3.53. The Balaban J connectivity index is 2.21. The van der Waals surface area contributed by atoms with Crippen LogP contribution in [0.15, 0.2) is 0 Å². The second-order valence-electron chi connectivity index (χ2n) is 2.80. The quantitative estimate of drug-likeness (QED) is 0.498. The average Bonchev–Trinajstić information content (AvgIpc) is 2.64. The van der Waals surface area contributed by atoms with Crippen LogP contribution in [0, 0.1) is 16.7 Å². The van der Waals surface area contributed by atoms with E-state index in [4.69, 9.17) is 10.00 Å². The molecule has 0 spiro atoms. The van der Waals surface area contributed by atoms with E-state index in [1.165, 1.54) is 0 Å². The number of hydrogen-bond acceptors (Lipinski definition) is 3. The van der Waals surface area contributed by atoms with Gasteiger partial charge in [0, 0.05) is 0 Å². The smallest absolute Gasteiger partial charge is 0.0972 e. The first-order valence-corrected chi connectivity index (χ1v) is 3.91. The monoisotopic (exact) mass is 157 g/mol. The van der Waals surface area contributed by atoms with Gasteiger partial charge in [-0.3, -0.25) is 0 Å². The Morgan fingerprint density at radius 2 is 2.40 bits per heavy atom. The summed E-state index contributed by atoms with van der Waals surface area (Å²) in [5.74, 6) is 0. The van der Waals surface area contributed by atoms with E-state index in [0.29, 0.717) is 6.61 Å². The van der Waals surface area contributed by atoms with E-state index in [9.17, 15) is 0 Å². The van der Waals surface area contributed by atoms with Gasteiger partial charge in [-0.2, -0.15) is 5.26 Å². The van der Waals surface area contributed by atoms with Crippen molar-refractivity contribution in [2.45, 2.75) is 25.2 Å². The highest BCUT2D eigenvalue weighted by Gasteiger charge is 2.43. The largest absolute Gasteiger partial charge is 0.366 e. The van der Waals surface area contributed by atoms with Crippen molar-refractivity contribution >= 4 is 12.6 Å². The van der Waals surface area contributed by atoms with E-state index in [0.717, 1.165) is 12.8 Å². The summed E-state index contributed by atoms with van der Waals surface area (Å²) in [6.07, 6.45) is 1.98. The third-order valence-electron chi connectivity index (χ3n) is 1.69. The first-order valence-electron chi connectivity index (χ1n) is 3.39. The molecule has 0 bridgehead atoms. The maximum Gasteiger partial charge on any atom is 0.0972 e. The summed E-state index contributed by atoms with van der Waals surface area (Å²) >= 11 is 4.04. The molecule has 0 heterocycles. The van der Waals surface area contributed by atoms with Crippen LogP contribution in [0.4, 0.5) is 0 Å². The van der Waals surface area contributed by atoms with E-state index in [1.807, 2.05) is 6.92 Å². The van der Waals surface area contributed by atoms with Crippen molar-refractivity contribution in [3.63, 3.8) is 0 Å². The number of nitriles is 1. The summed E-state index contributed by atoms with van der Waals surface area (Å²) in [5.41, 5.74) is -0.192. The molecule has 1 aliphatic carbocycles. The fourth-order valence-electron chi connectivity index (χ4n) is 0.719. The molecule has 0 radical (unpaired) electrons. The molecule has 1 fully saturated rings. The number of thiol groups is 1. The average molecular weight is 157 g/mol. The molecule has 0 saturated heterocycles. The minimum absolute atomic E-state index is 0.0502. The lowest BCUT2D eigenvalue weighted by atomic mass is 10.1. The predicted octanol–water partition coefficient (Wildman–Crippen LogP) is 1.58. The molecule has 0 aromatic heterocycles. The number of ether oxygens (including phenoxy) is 1.